The van der Waals surface area contributed by atoms with Gasteiger partial charge in [0.25, 0.3) is 0 Å². The molecule has 0 amide bonds. The predicted octanol–water partition coefficient (Wildman–Crippen LogP) is 7.47. The highest BCUT2D eigenvalue weighted by molar-refractivity contribution is 5.87. The van der Waals surface area contributed by atoms with Gasteiger partial charge in [0.05, 0.1) is 6.61 Å². The van der Waals surface area contributed by atoms with Crippen LogP contribution in [0.4, 0.5) is 8.78 Å². The summed E-state index contributed by atoms with van der Waals surface area (Å²) in [6.45, 7) is 13.8. The zero-order valence-corrected chi connectivity index (χ0v) is 21.7. The lowest BCUT2D eigenvalue weighted by atomic mass is 9.62. The summed E-state index contributed by atoms with van der Waals surface area (Å²) in [6, 6.07) is 4.05. The van der Waals surface area contributed by atoms with Gasteiger partial charge in [0.15, 0.2) is 6.79 Å². The summed E-state index contributed by atoms with van der Waals surface area (Å²) in [6.07, 6.45) is 4.89. The Bertz CT molecular complexity index is 1000. The number of allylic oxidation sites excluding steroid dienone is 5. The first-order valence-electron chi connectivity index (χ1n) is 11.8. The minimum atomic E-state index is -1.06. The van der Waals surface area contributed by atoms with Crippen LogP contribution >= 0.6 is 0 Å². The topological polar surface area (TPSA) is 44.8 Å². The average Bonchev–Trinajstić information content (AvgIpc) is 2.79. The van der Waals surface area contributed by atoms with Crippen molar-refractivity contribution in [3.05, 3.63) is 58.2 Å². The normalized spacial score (nSPS) is 18.2. The average molecular weight is 477 g/mol. The van der Waals surface area contributed by atoms with Crippen molar-refractivity contribution >= 4 is 11.5 Å². The Morgan fingerprint density at radius 1 is 1.03 bits per heavy atom. The van der Waals surface area contributed by atoms with Crippen LogP contribution in [0.1, 0.15) is 84.4 Å². The van der Waals surface area contributed by atoms with Gasteiger partial charge in [0.1, 0.15) is 11.6 Å². The minimum absolute atomic E-state index is 0.00627. The highest BCUT2D eigenvalue weighted by Gasteiger charge is 2.38. The van der Waals surface area contributed by atoms with Crippen LogP contribution < -0.4 is 4.74 Å². The van der Waals surface area contributed by atoms with Crippen molar-refractivity contribution < 1.29 is 27.8 Å². The van der Waals surface area contributed by atoms with E-state index in [-0.39, 0.29) is 29.8 Å². The molecule has 0 aliphatic heterocycles. The lowest BCUT2D eigenvalue weighted by Crippen LogP contribution is -2.34. The number of hydrogen-bond donors (Lipinski definition) is 0. The lowest BCUT2D eigenvalue weighted by molar-refractivity contribution is -0.140. The second-order valence-electron chi connectivity index (χ2n) is 9.94. The number of esters is 1. The first kappa shape index (κ1) is 27.8. The molecular formula is C28H38F2O4. The molecule has 0 fully saturated rings. The minimum Gasteiger partial charge on any atom is -0.467 e. The Kier molecular flexibility index (Phi) is 9.23. The maximum atomic E-state index is 15.5. The summed E-state index contributed by atoms with van der Waals surface area (Å²) >= 11 is 0. The van der Waals surface area contributed by atoms with E-state index in [4.69, 9.17) is 9.47 Å². The van der Waals surface area contributed by atoms with E-state index in [9.17, 15) is 9.18 Å². The fourth-order valence-electron chi connectivity index (χ4n) is 4.29. The molecule has 34 heavy (non-hydrogen) atoms. The standard InChI is InChI=1S/C28H38F2O4/c1-9-19(23(29)12-11-18(3)25(30)26(31)33-10-2)20-15-21-22(16-24(20)34-17-32-8)28(6,7)14-13-27(21,4)5/h11-12,15-16H,9-10,13-14,17H2,1-8H3/b12-11?,23-19?,25-18+. The molecule has 0 saturated carbocycles. The van der Waals surface area contributed by atoms with E-state index in [1.54, 1.807) is 6.92 Å². The van der Waals surface area contributed by atoms with Crippen molar-refractivity contribution in [3.63, 3.8) is 0 Å². The van der Waals surface area contributed by atoms with Gasteiger partial charge in [-0.15, -0.1) is 0 Å². The van der Waals surface area contributed by atoms with Crippen LogP contribution in [0.25, 0.3) is 5.57 Å². The number of carbonyl (C=O) groups excluding carboxylic acids is 1. The van der Waals surface area contributed by atoms with Gasteiger partial charge in [0.2, 0.25) is 5.83 Å². The fraction of sp³-hybridized carbons (Fsp3) is 0.536. The third-order valence-corrected chi connectivity index (χ3v) is 6.53. The molecule has 1 aromatic carbocycles. The molecule has 4 nitrogen and oxygen atoms in total. The van der Waals surface area contributed by atoms with Gasteiger partial charge in [-0.25, -0.2) is 9.18 Å². The fourth-order valence-corrected chi connectivity index (χ4v) is 4.29. The molecule has 0 unspecified atom stereocenters. The maximum Gasteiger partial charge on any atom is 0.367 e. The number of fused-ring (bicyclic) bond motifs is 1. The van der Waals surface area contributed by atoms with Crippen LogP contribution in [0.5, 0.6) is 5.75 Å². The first-order chi connectivity index (χ1) is 15.9. The molecule has 0 atom stereocenters. The molecule has 0 N–H and O–H groups in total. The summed E-state index contributed by atoms with van der Waals surface area (Å²) in [5, 5.41) is 0. The SMILES string of the molecule is CCOC(=O)/C(F)=C(/C)C=CC(F)=C(CC)c1cc2c(cc1OCOC)C(C)(C)CCC2(C)C. The molecule has 188 valence electrons. The molecule has 1 aromatic rings. The molecule has 0 saturated heterocycles. The Labute approximate surface area is 202 Å². The summed E-state index contributed by atoms with van der Waals surface area (Å²) in [7, 11) is 1.54. The van der Waals surface area contributed by atoms with Crippen LogP contribution in [0, 0.1) is 0 Å². The van der Waals surface area contributed by atoms with Crippen molar-refractivity contribution in [2.75, 3.05) is 20.5 Å². The van der Waals surface area contributed by atoms with E-state index in [0.717, 1.165) is 12.8 Å². The molecule has 0 radical (unpaired) electrons. The van der Waals surface area contributed by atoms with Crippen molar-refractivity contribution in [1.29, 1.82) is 0 Å². The van der Waals surface area contributed by atoms with Gasteiger partial charge < -0.3 is 14.2 Å². The third-order valence-electron chi connectivity index (χ3n) is 6.53. The van der Waals surface area contributed by atoms with Crippen LogP contribution in [0.15, 0.2) is 41.5 Å². The smallest absolute Gasteiger partial charge is 0.367 e. The van der Waals surface area contributed by atoms with Gasteiger partial charge in [-0.05, 0) is 84.4 Å². The molecule has 0 aromatic heterocycles. The second kappa shape index (κ2) is 11.3. The predicted molar refractivity (Wildman–Crippen MR) is 132 cm³/mol. The zero-order chi connectivity index (χ0) is 25.7. The van der Waals surface area contributed by atoms with Gasteiger partial charge in [0, 0.05) is 12.7 Å². The van der Waals surface area contributed by atoms with E-state index in [1.165, 1.54) is 37.3 Å². The molecule has 0 spiro atoms. The molecule has 2 rings (SSSR count). The third kappa shape index (κ3) is 6.15. The van der Waals surface area contributed by atoms with E-state index in [1.807, 2.05) is 19.1 Å². The van der Waals surface area contributed by atoms with Crippen molar-refractivity contribution in [3.8, 4) is 5.75 Å². The molecule has 1 aliphatic rings. The summed E-state index contributed by atoms with van der Waals surface area (Å²) < 4.78 is 45.3. The van der Waals surface area contributed by atoms with E-state index in [0.29, 0.717) is 23.3 Å². The number of rotatable bonds is 9. The lowest BCUT2D eigenvalue weighted by Gasteiger charge is -2.42. The summed E-state index contributed by atoms with van der Waals surface area (Å²) in [5.41, 5.74) is 3.36. The Balaban J connectivity index is 2.64. The second-order valence-corrected chi connectivity index (χ2v) is 9.94. The molecular weight excluding hydrogens is 438 g/mol. The number of hydrogen-bond acceptors (Lipinski definition) is 4. The Hall–Kier alpha value is -2.47. The largest absolute Gasteiger partial charge is 0.467 e. The van der Waals surface area contributed by atoms with Gasteiger partial charge in [-0.1, -0.05) is 40.7 Å². The number of methoxy groups -OCH3 is 1. The van der Waals surface area contributed by atoms with Gasteiger partial charge >= 0.3 is 5.97 Å². The van der Waals surface area contributed by atoms with Crippen molar-refractivity contribution in [1.82, 2.24) is 0 Å². The van der Waals surface area contributed by atoms with Crippen LogP contribution in [0.3, 0.4) is 0 Å². The number of carbonyl (C=O) groups is 1. The van der Waals surface area contributed by atoms with E-state index >= 15 is 4.39 Å². The van der Waals surface area contributed by atoms with E-state index < -0.39 is 17.6 Å². The summed E-state index contributed by atoms with van der Waals surface area (Å²) in [5.74, 6) is -2.06. The van der Waals surface area contributed by atoms with Gasteiger partial charge in [-0.3, -0.25) is 0 Å². The van der Waals surface area contributed by atoms with Crippen molar-refractivity contribution in [2.24, 2.45) is 0 Å². The van der Waals surface area contributed by atoms with Crippen LogP contribution in [0.2, 0.25) is 0 Å². The first-order valence-corrected chi connectivity index (χ1v) is 11.8. The summed E-state index contributed by atoms with van der Waals surface area (Å²) in [4.78, 5) is 11.6. The van der Waals surface area contributed by atoms with Crippen LogP contribution in [-0.2, 0) is 25.1 Å². The molecule has 6 heteroatoms. The van der Waals surface area contributed by atoms with E-state index in [2.05, 4.69) is 32.4 Å². The zero-order valence-electron chi connectivity index (χ0n) is 21.7. The quantitative estimate of drug-likeness (QED) is 0.160. The van der Waals surface area contributed by atoms with Crippen LogP contribution in [-0.4, -0.2) is 26.5 Å². The highest BCUT2D eigenvalue weighted by Crippen LogP contribution is 2.49. The number of ether oxygens (including phenoxy) is 3. The number of benzene rings is 1. The van der Waals surface area contributed by atoms with Crippen molar-refractivity contribution in [2.45, 2.75) is 78.6 Å². The Morgan fingerprint density at radius 2 is 1.62 bits per heavy atom. The molecule has 0 bridgehead atoms. The van der Waals surface area contributed by atoms with Gasteiger partial charge in [-0.2, -0.15) is 4.39 Å². The molecule has 1 aliphatic carbocycles. The number of halogens is 2. The Morgan fingerprint density at radius 3 is 2.15 bits per heavy atom. The monoisotopic (exact) mass is 476 g/mol. The molecule has 0 heterocycles. The maximum absolute atomic E-state index is 15.5. The highest BCUT2D eigenvalue weighted by atomic mass is 19.1.